The highest BCUT2D eigenvalue weighted by atomic mass is 32.2. The molecule has 0 aliphatic heterocycles. The van der Waals surface area contributed by atoms with E-state index in [4.69, 9.17) is 12.2 Å². The number of carbonyl (C=O) groups is 1. The standard InChI is InChI=1S/C14H13FN2OS3/c15-9-5-7-10(8-6-9)17-14(19)21-13(16-17)20-12-4-2-1-3-11(12)18/h5-8,12H,1-4H2/t12-/m0/s1. The number of thioether (sulfide) groups is 1. The van der Waals surface area contributed by atoms with Crippen LogP contribution >= 0.6 is 35.3 Å². The summed E-state index contributed by atoms with van der Waals surface area (Å²) < 4.78 is 16.0. The maximum Gasteiger partial charge on any atom is 0.184 e. The van der Waals surface area contributed by atoms with E-state index in [1.54, 1.807) is 16.8 Å². The predicted molar refractivity (Wildman–Crippen MR) is 85.4 cm³/mol. The van der Waals surface area contributed by atoms with Crippen molar-refractivity contribution in [3.63, 3.8) is 0 Å². The van der Waals surface area contributed by atoms with Crippen LogP contribution in [0, 0.1) is 9.77 Å². The van der Waals surface area contributed by atoms with Crippen molar-refractivity contribution < 1.29 is 9.18 Å². The van der Waals surface area contributed by atoms with Gasteiger partial charge in [0, 0.05) is 6.42 Å². The Balaban J connectivity index is 1.82. The quantitative estimate of drug-likeness (QED) is 0.776. The van der Waals surface area contributed by atoms with Crippen LogP contribution in [-0.4, -0.2) is 20.8 Å². The first-order chi connectivity index (χ1) is 10.1. The molecule has 7 heteroatoms. The van der Waals surface area contributed by atoms with Crippen molar-refractivity contribution in [3.05, 3.63) is 34.0 Å². The molecule has 3 nitrogen and oxygen atoms in total. The molecule has 1 aromatic carbocycles. The molecule has 0 bridgehead atoms. The molecule has 1 aliphatic rings. The first-order valence-electron chi connectivity index (χ1n) is 6.69. The molecule has 21 heavy (non-hydrogen) atoms. The fraction of sp³-hybridized carbons (Fsp3) is 0.357. The van der Waals surface area contributed by atoms with Gasteiger partial charge in [0.05, 0.1) is 10.9 Å². The predicted octanol–water partition coefficient (Wildman–Crippen LogP) is 4.41. The number of hydrogen-bond acceptors (Lipinski definition) is 5. The van der Waals surface area contributed by atoms with Crippen LogP contribution in [-0.2, 0) is 4.79 Å². The minimum Gasteiger partial charge on any atom is -0.298 e. The van der Waals surface area contributed by atoms with Gasteiger partial charge in [-0.3, -0.25) is 4.79 Å². The minimum absolute atomic E-state index is 0.000896. The lowest BCUT2D eigenvalue weighted by atomic mass is 9.99. The van der Waals surface area contributed by atoms with E-state index < -0.39 is 0 Å². The number of carbonyl (C=O) groups excluding carboxylic acids is 1. The number of Topliss-reactive ketones (excluding diaryl/α,β-unsaturated/α-hetero) is 1. The third-order valence-electron chi connectivity index (χ3n) is 3.34. The van der Waals surface area contributed by atoms with Crippen LogP contribution in [0.25, 0.3) is 5.69 Å². The van der Waals surface area contributed by atoms with E-state index in [-0.39, 0.29) is 11.1 Å². The maximum atomic E-state index is 13.0. The van der Waals surface area contributed by atoms with E-state index >= 15 is 0 Å². The SMILES string of the molecule is O=C1CCCC[C@@H]1Sc1nn(-c2ccc(F)cc2)c(=S)s1. The number of aromatic nitrogens is 2. The van der Waals surface area contributed by atoms with Crippen LogP contribution in [0.3, 0.4) is 0 Å². The fourth-order valence-electron chi connectivity index (χ4n) is 2.25. The molecular formula is C14H13FN2OS3. The van der Waals surface area contributed by atoms with E-state index in [1.807, 2.05) is 0 Å². The van der Waals surface area contributed by atoms with E-state index in [0.29, 0.717) is 16.2 Å². The third-order valence-corrected chi connectivity index (χ3v) is 5.97. The minimum atomic E-state index is -0.289. The molecule has 1 saturated carbocycles. The van der Waals surface area contributed by atoms with Gasteiger partial charge in [-0.2, -0.15) is 0 Å². The Morgan fingerprint density at radius 1 is 1.33 bits per heavy atom. The summed E-state index contributed by atoms with van der Waals surface area (Å²) in [4.78, 5) is 11.9. The van der Waals surface area contributed by atoms with E-state index in [2.05, 4.69) is 5.10 Å². The molecule has 1 atom stereocenters. The fourth-order valence-corrected chi connectivity index (χ4v) is 4.98. The summed E-state index contributed by atoms with van der Waals surface area (Å²) in [5.74, 6) is 0.0172. The molecule has 0 spiro atoms. The van der Waals surface area contributed by atoms with Crippen LogP contribution in [0.2, 0.25) is 0 Å². The van der Waals surface area contributed by atoms with Crippen LogP contribution in [0.15, 0.2) is 28.6 Å². The van der Waals surface area contributed by atoms with Gasteiger partial charge in [0.15, 0.2) is 8.29 Å². The molecule has 110 valence electrons. The van der Waals surface area contributed by atoms with Crippen molar-refractivity contribution in [2.24, 2.45) is 0 Å². The zero-order valence-electron chi connectivity index (χ0n) is 11.1. The van der Waals surface area contributed by atoms with Crippen LogP contribution in [0.4, 0.5) is 4.39 Å². The average Bonchev–Trinajstić information content (AvgIpc) is 2.83. The van der Waals surface area contributed by atoms with Crippen molar-refractivity contribution >= 4 is 41.1 Å². The molecule has 1 aliphatic carbocycles. The first kappa shape index (κ1) is 14.9. The Morgan fingerprint density at radius 3 is 2.81 bits per heavy atom. The Bertz CT molecular complexity index is 708. The lowest BCUT2D eigenvalue weighted by Crippen LogP contribution is -2.21. The summed E-state index contributed by atoms with van der Waals surface area (Å²) in [7, 11) is 0. The monoisotopic (exact) mass is 340 g/mol. The Morgan fingerprint density at radius 2 is 2.10 bits per heavy atom. The largest absolute Gasteiger partial charge is 0.298 e. The van der Waals surface area contributed by atoms with E-state index in [1.165, 1.54) is 35.2 Å². The molecular weight excluding hydrogens is 327 g/mol. The number of rotatable bonds is 3. The van der Waals surface area contributed by atoms with Crippen molar-refractivity contribution in [2.45, 2.75) is 35.3 Å². The maximum absolute atomic E-state index is 13.0. The van der Waals surface area contributed by atoms with Gasteiger partial charge in [-0.05, 0) is 49.3 Å². The van der Waals surface area contributed by atoms with Gasteiger partial charge in [-0.25, -0.2) is 9.07 Å². The molecule has 1 heterocycles. The van der Waals surface area contributed by atoms with Crippen LogP contribution in [0.1, 0.15) is 25.7 Å². The topological polar surface area (TPSA) is 34.9 Å². The van der Waals surface area contributed by atoms with Crippen LogP contribution < -0.4 is 0 Å². The zero-order chi connectivity index (χ0) is 14.8. The summed E-state index contributed by atoms with van der Waals surface area (Å²) in [6.07, 6.45) is 3.66. The van der Waals surface area contributed by atoms with Crippen molar-refractivity contribution in [1.29, 1.82) is 0 Å². The summed E-state index contributed by atoms with van der Waals surface area (Å²) in [6, 6.07) is 6.05. The second-order valence-corrected chi connectivity index (χ2v) is 7.91. The van der Waals surface area contributed by atoms with Crippen molar-refractivity contribution in [1.82, 2.24) is 9.78 Å². The second-order valence-electron chi connectivity index (χ2n) is 4.84. The normalized spacial score (nSPS) is 18.9. The number of halogens is 1. The van der Waals surface area contributed by atoms with Gasteiger partial charge >= 0.3 is 0 Å². The molecule has 1 aromatic heterocycles. The van der Waals surface area contributed by atoms with Crippen molar-refractivity contribution in [3.8, 4) is 5.69 Å². The number of benzene rings is 1. The zero-order valence-corrected chi connectivity index (χ0v) is 13.6. The highest BCUT2D eigenvalue weighted by molar-refractivity contribution is 8.02. The molecule has 0 radical (unpaired) electrons. The number of ketones is 1. The molecule has 3 rings (SSSR count). The lowest BCUT2D eigenvalue weighted by Gasteiger charge is -2.18. The Labute approximate surface area is 135 Å². The lowest BCUT2D eigenvalue weighted by molar-refractivity contribution is -0.119. The van der Waals surface area contributed by atoms with Crippen molar-refractivity contribution in [2.75, 3.05) is 0 Å². The van der Waals surface area contributed by atoms with E-state index in [9.17, 15) is 9.18 Å². The van der Waals surface area contributed by atoms with Gasteiger partial charge in [0.25, 0.3) is 0 Å². The van der Waals surface area contributed by atoms with Gasteiger partial charge in [0.2, 0.25) is 0 Å². The molecule has 0 N–H and O–H groups in total. The molecule has 0 saturated heterocycles. The molecule has 0 unspecified atom stereocenters. The second kappa shape index (κ2) is 6.37. The van der Waals surface area contributed by atoms with Gasteiger partial charge in [0.1, 0.15) is 11.6 Å². The molecule has 1 fully saturated rings. The first-order valence-corrected chi connectivity index (χ1v) is 8.79. The summed E-state index contributed by atoms with van der Waals surface area (Å²) >= 11 is 8.21. The highest BCUT2D eigenvalue weighted by Crippen LogP contribution is 2.33. The average molecular weight is 340 g/mol. The summed E-state index contributed by atoms with van der Waals surface area (Å²) in [6.45, 7) is 0. The summed E-state index contributed by atoms with van der Waals surface area (Å²) in [5.41, 5.74) is 0.736. The van der Waals surface area contributed by atoms with Gasteiger partial charge in [-0.1, -0.05) is 29.5 Å². The Hall–Kier alpha value is -1.05. The number of hydrogen-bond donors (Lipinski definition) is 0. The molecule has 0 amide bonds. The van der Waals surface area contributed by atoms with Gasteiger partial charge < -0.3 is 0 Å². The smallest absolute Gasteiger partial charge is 0.184 e. The van der Waals surface area contributed by atoms with Gasteiger partial charge in [-0.15, -0.1) is 5.10 Å². The highest BCUT2D eigenvalue weighted by Gasteiger charge is 2.24. The third kappa shape index (κ3) is 3.41. The van der Waals surface area contributed by atoms with Crippen LogP contribution in [0.5, 0.6) is 0 Å². The van der Waals surface area contributed by atoms with E-state index in [0.717, 1.165) is 29.3 Å². The Kier molecular flexibility index (Phi) is 4.51. The molecule has 2 aromatic rings. The summed E-state index contributed by atoms with van der Waals surface area (Å²) in [5, 5.41) is 4.46. The number of nitrogens with zero attached hydrogens (tertiary/aromatic N) is 2.